The molecule has 1 heterocycles. The second kappa shape index (κ2) is 5.15. The number of methoxy groups -OCH3 is 1. The summed E-state index contributed by atoms with van der Waals surface area (Å²) in [6, 6.07) is -0.0736. The van der Waals surface area contributed by atoms with E-state index in [9.17, 15) is 4.79 Å². The van der Waals surface area contributed by atoms with Gasteiger partial charge in [0.15, 0.2) is 6.10 Å². The lowest BCUT2D eigenvalue weighted by molar-refractivity contribution is -0.163. The van der Waals surface area contributed by atoms with Gasteiger partial charge in [-0.15, -0.1) is 11.6 Å². The Morgan fingerprint density at radius 1 is 1.56 bits per heavy atom. The maximum atomic E-state index is 11.6. The van der Waals surface area contributed by atoms with Crippen molar-refractivity contribution in [2.45, 2.75) is 38.5 Å². The first-order valence-corrected chi connectivity index (χ1v) is 5.89. The van der Waals surface area contributed by atoms with Gasteiger partial charge in [0.05, 0.1) is 5.54 Å². The fraction of sp³-hybridized carbons (Fsp3) is 0.818. The molecule has 1 aliphatic heterocycles. The molecule has 0 radical (unpaired) electrons. The summed E-state index contributed by atoms with van der Waals surface area (Å²) in [4.78, 5) is 17.7. The highest BCUT2D eigenvalue weighted by Gasteiger charge is 2.46. The zero-order chi connectivity index (χ0) is 12.3. The van der Waals surface area contributed by atoms with Crippen LogP contribution in [0, 0.1) is 0 Å². The molecule has 0 aromatic rings. The molecule has 0 bridgehead atoms. The highest BCUT2D eigenvalue weighted by molar-refractivity contribution is 6.18. The molecule has 92 valence electrons. The van der Waals surface area contributed by atoms with Gasteiger partial charge in [-0.2, -0.15) is 0 Å². The van der Waals surface area contributed by atoms with E-state index in [0.717, 1.165) is 0 Å². The molecule has 1 rings (SSSR count). The number of ether oxygens (including phenoxy) is 1. The Balaban J connectivity index is 2.68. The number of alkyl halides is 1. The maximum absolute atomic E-state index is 11.6. The number of amides is 1. The molecule has 1 amide bonds. The van der Waals surface area contributed by atoms with Crippen LogP contribution in [0.15, 0.2) is 4.99 Å². The number of aliphatic imine (C=N–C) groups is 1. The van der Waals surface area contributed by atoms with Crippen LogP contribution in [0.5, 0.6) is 0 Å². The van der Waals surface area contributed by atoms with Crippen molar-refractivity contribution in [2.75, 3.05) is 19.5 Å². The average Bonchev–Trinajstić information content (AvgIpc) is 2.18. The molecule has 0 N–H and O–H groups in total. The predicted molar refractivity (Wildman–Crippen MR) is 65.3 cm³/mol. The predicted octanol–water partition coefficient (Wildman–Crippen LogP) is 1.32. The third kappa shape index (κ3) is 2.95. The van der Waals surface area contributed by atoms with Gasteiger partial charge < -0.3 is 9.64 Å². The molecule has 1 aliphatic rings. The molecule has 5 heteroatoms. The number of β-lactam (4-membered cyclic amide) rings is 1. The lowest BCUT2D eigenvalue weighted by atomic mass is 9.98. The lowest BCUT2D eigenvalue weighted by Gasteiger charge is -2.44. The molecule has 0 saturated carbocycles. The van der Waals surface area contributed by atoms with E-state index in [4.69, 9.17) is 16.3 Å². The first-order chi connectivity index (χ1) is 7.40. The largest absolute Gasteiger partial charge is 0.369 e. The molecule has 0 aromatic carbocycles. The van der Waals surface area contributed by atoms with Crippen LogP contribution in [0.3, 0.4) is 0 Å². The minimum Gasteiger partial charge on any atom is -0.369 e. The quantitative estimate of drug-likeness (QED) is 0.427. The number of hydrogen-bond donors (Lipinski definition) is 0. The average molecular weight is 247 g/mol. The van der Waals surface area contributed by atoms with Crippen molar-refractivity contribution >= 4 is 23.7 Å². The van der Waals surface area contributed by atoms with Crippen molar-refractivity contribution in [1.29, 1.82) is 0 Å². The van der Waals surface area contributed by atoms with Crippen molar-refractivity contribution in [3.8, 4) is 0 Å². The van der Waals surface area contributed by atoms with E-state index in [1.165, 1.54) is 0 Å². The summed E-state index contributed by atoms with van der Waals surface area (Å²) in [6.45, 7) is 6.58. The summed E-state index contributed by atoms with van der Waals surface area (Å²) in [6.07, 6.45) is 1.40. The van der Waals surface area contributed by atoms with Crippen LogP contribution in [0.4, 0.5) is 0 Å². The highest BCUT2D eigenvalue weighted by atomic mass is 35.5. The van der Waals surface area contributed by atoms with Crippen LogP contribution in [0.1, 0.15) is 20.8 Å². The van der Waals surface area contributed by atoms with Crippen molar-refractivity contribution < 1.29 is 9.53 Å². The molecule has 4 nitrogen and oxygen atoms in total. The van der Waals surface area contributed by atoms with Gasteiger partial charge in [0.2, 0.25) is 0 Å². The molecule has 16 heavy (non-hydrogen) atoms. The summed E-state index contributed by atoms with van der Waals surface area (Å²) in [5.74, 6) is 0.427. The summed E-state index contributed by atoms with van der Waals surface area (Å²) in [7, 11) is 1.54. The number of rotatable bonds is 4. The van der Waals surface area contributed by atoms with Crippen molar-refractivity contribution in [3.05, 3.63) is 0 Å². The number of carbonyl (C=O) groups excluding carboxylic acids is 1. The molecule has 0 aromatic heterocycles. The van der Waals surface area contributed by atoms with Crippen LogP contribution in [-0.2, 0) is 9.53 Å². The molecular formula is C11H19ClN2O2. The van der Waals surface area contributed by atoms with Gasteiger partial charge in [0.25, 0.3) is 5.91 Å². The summed E-state index contributed by atoms with van der Waals surface area (Å²) in [5.41, 5.74) is -0.135. The Kier molecular flexibility index (Phi) is 4.33. The highest BCUT2D eigenvalue weighted by Crippen LogP contribution is 2.22. The summed E-state index contributed by atoms with van der Waals surface area (Å²) in [5, 5.41) is 0. The Morgan fingerprint density at radius 2 is 2.19 bits per heavy atom. The number of halogens is 1. The Hall–Kier alpha value is -0.610. The molecule has 0 spiro atoms. The zero-order valence-electron chi connectivity index (χ0n) is 10.2. The molecule has 0 aliphatic carbocycles. The maximum Gasteiger partial charge on any atom is 0.254 e. The molecule has 0 unspecified atom stereocenters. The summed E-state index contributed by atoms with van der Waals surface area (Å²) < 4.78 is 5.13. The Labute approximate surface area is 102 Å². The van der Waals surface area contributed by atoms with Crippen LogP contribution in [-0.4, -0.2) is 54.2 Å². The minimum absolute atomic E-state index is 0.00601. The second-order valence-corrected chi connectivity index (χ2v) is 5.19. The first kappa shape index (κ1) is 13.5. The lowest BCUT2D eigenvalue weighted by Crippen LogP contribution is -2.66. The van der Waals surface area contributed by atoms with Gasteiger partial charge >= 0.3 is 0 Å². The Bertz CT molecular complexity index is 286. The van der Waals surface area contributed by atoms with E-state index in [1.807, 2.05) is 20.8 Å². The van der Waals surface area contributed by atoms with Crippen LogP contribution in [0.25, 0.3) is 0 Å². The van der Waals surface area contributed by atoms with Gasteiger partial charge in [-0.05, 0) is 20.8 Å². The SMILES string of the molecule is CO[C@H]1C(=O)N(CCCl)[C@H]1C=NC(C)(C)C. The van der Waals surface area contributed by atoms with E-state index in [0.29, 0.717) is 12.4 Å². The summed E-state index contributed by atoms with van der Waals surface area (Å²) >= 11 is 5.64. The molecular weight excluding hydrogens is 228 g/mol. The number of hydrogen-bond acceptors (Lipinski definition) is 3. The molecule has 1 fully saturated rings. The fourth-order valence-corrected chi connectivity index (χ4v) is 1.77. The van der Waals surface area contributed by atoms with E-state index >= 15 is 0 Å². The normalized spacial score (nSPS) is 26.3. The van der Waals surface area contributed by atoms with Crippen LogP contribution in [0.2, 0.25) is 0 Å². The van der Waals surface area contributed by atoms with Crippen molar-refractivity contribution in [3.63, 3.8) is 0 Å². The van der Waals surface area contributed by atoms with Gasteiger partial charge in [0.1, 0.15) is 6.04 Å². The zero-order valence-corrected chi connectivity index (χ0v) is 11.0. The number of carbonyl (C=O) groups is 1. The third-order valence-electron chi connectivity index (χ3n) is 2.39. The van der Waals surface area contributed by atoms with Crippen LogP contribution < -0.4 is 0 Å². The van der Waals surface area contributed by atoms with Crippen molar-refractivity contribution in [1.82, 2.24) is 4.90 Å². The fourth-order valence-electron chi connectivity index (χ4n) is 1.59. The smallest absolute Gasteiger partial charge is 0.254 e. The second-order valence-electron chi connectivity index (χ2n) is 4.82. The number of nitrogens with zero attached hydrogens (tertiary/aromatic N) is 2. The van der Waals surface area contributed by atoms with Gasteiger partial charge in [-0.1, -0.05) is 0 Å². The Morgan fingerprint density at radius 3 is 2.62 bits per heavy atom. The van der Waals surface area contributed by atoms with E-state index in [1.54, 1.807) is 18.2 Å². The van der Waals surface area contributed by atoms with E-state index in [2.05, 4.69) is 4.99 Å². The van der Waals surface area contributed by atoms with Gasteiger partial charge in [-0.25, -0.2) is 0 Å². The minimum atomic E-state index is -0.394. The molecule has 1 saturated heterocycles. The first-order valence-electron chi connectivity index (χ1n) is 5.35. The third-order valence-corrected chi connectivity index (χ3v) is 2.56. The van der Waals surface area contributed by atoms with E-state index < -0.39 is 6.10 Å². The van der Waals surface area contributed by atoms with Crippen molar-refractivity contribution in [2.24, 2.45) is 4.99 Å². The standard InChI is InChI=1S/C11H19ClN2O2/c1-11(2,3)13-7-8-9(16-4)10(15)14(8)6-5-12/h7-9H,5-6H2,1-4H3/t8-,9+/m0/s1. The molecule has 2 atom stereocenters. The van der Waals surface area contributed by atoms with E-state index in [-0.39, 0.29) is 17.5 Å². The van der Waals surface area contributed by atoms with Crippen LogP contribution >= 0.6 is 11.6 Å². The van der Waals surface area contributed by atoms with Gasteiger partial charge in [0, 0.05) is 25.7 Å². The number of likely N-dealkylation sites (tertiary alicyclic amines) is 1. The topological polar surface area (TPSA) is 41.9 Å². The van der Waals surface area contributed by atoms with Gasteiger partial charge in [-0.3, -0.25) is 9.79 Å². The monoisotopic (exact) mass is 246 g/mol.